The predicted molar refractivity (Wildman–Crippen MR) is 116 cm³/mol. The minimum Gasteiger partial charge on any atom is -0.341 e. The van der Waals surface area contributed by atoms with Gasteiger partial charge in [-0.05, 0) is 66.1 Å². The second-order valence-electron chi connectivity index (χ2n) is 7.48. The third-order valence-electron chi connectivity index (χ3n) is 5.43. The van der Waals surface area contributed by atoms with E-state index in [1.165, 1.54) is 0 Å². The van der Waals surface area contributed by atoms with Gasteiger partial charge >= 0.3 is 0 Å². The Kier molecular flexibility index (Phi) is 4.88. The second kappa shape index (κ2) is 7.84. The molecule has 5 rings (SSSR count). The van der Waals surface area contributed by atoms with Crippen molar-refractivity contribution in [3.63, 3.8) is 0 Å². The quantitative estimate of drug-likeness (QED) is 0.535. The molecule has 7 heteroatoms. The minimum absolute atomic E-state index is 0.109. The molecule has 0 saturated heterocycles. The van der Waals surface area contributed by atoms with Crippen molar-refractivity contribution in [1.29, 1.82) is 0 Å². The molecule has 0 radical (unpaired) electrons. The molecule has 1 unspecified atom stereocenters. The number of Topliss-reactive ketones (excluding diaryl/α,β-unsaturated/α-hetero) is 1. The summed E-state index contributed by atoms with van der Waals surface area (Å²) in [7, 11) is 0. The van der Waals surface area contributed by atoms with E-state index in [2.05, 4.69) is 27.5 Å². The highest BCUT2D eigenvalue weighted by Gasteiger charge is 2.27. The third kappa shape index (κ3) is 3.64. The number of fused-ring (bicyclic) bond motifs is 1. The summed E-state index contributed by atoms with van der Waals surface area (Å²) in [5, 5.41) is 9.10. The number of nitrogens with zero attached hydrogens (tertiary/aromatic N) is 3. The number of pyridine rings is 1. The first-order valence-corrected chi connectivity index (χ1v) is 10.8. The molecule has 1 aliphatic carbocycles. The van der Waals surface area contributed by atoms with E-state index in [9.17, 15) is 9.59 Å². The van der Waals surface area contributed by atoms with Crippen LogP contribution >= 0.6 is 11.3 Å². The summed E-state index contributed by atoms with van der Waals surface area (Å²) >= 11 is 1.63. The number of aromatic nitrogens is 3. The first-order chi connectivity index (χ1) is 14.7. The molecular formula is C23H20N4O2S. The fraction of sp³-hybridized carbons (Fsp3) is 0.217. The maximum absolute atomic E-state index is 12.8. The van der Waals surface area contributed by atoms with Gasteiger partial charge in [0.05, 0.1) is 21.9 Å². The fourth-order valence-corrected chi connectivity index (χ4v) is 4.73. The molecule has 1 aromatic carbocycles. The SMILES string of the molecule is O=C(NC1CCCC1=O)c1cc(Cc2ccc(-n3cccn3)cc2)c2sccc2n1. The van der Waals surface area contributed by atoms with Gasteiger partial charge in [-0.3, -0.25) is 9.59 Å². The summed E-state index contributed by atoms with van der Waals surface area (Å²) in [6.45, 7) is 0. The molecule has 0 bridgehead atoms. The van der Waals surface area contributed by atoms with E-state index in [1.807, 2.05) is 46.6 Å². The lowest BCUT2D eigenvalue weighted by atomic mass is 10.0. The summed E-state index contributed by atoms with van der Waals surface area (Å²) in [5.74, 6) is -0.170. The van der Waals surface area contributed by atoms with Crippen molar-refractivity contribution in [3.05, 3.63) is 77.1 Å². The number of thiophene rings is 1. The monoisotopic (exact) mass is 416 g/mol. The largest absolute Gasteiger partial charge is 0.341 e. The highest BCUT2D eigenvalue weighted by atomic mass is 32.1. The fourth-order valence-electron chi connectivity index (χ4n) is 3.88. The Bertz CT molecular complexity index is 1210. The molecule has 1 N–H and O–H groups in total. The summed E-state index contributed by atoms with van der Waals surface area (Å²) in [6.07, 6.45) is 6.45. The molecule has 3 heterocycles. The Balaban J connectivity index is 1.41. The highest BCUT2D eigenvalue weighted by Crippen LogP contribution is 2.27. The predicted octanol–water partition coefficient (Wildman–Crippen LogP) is 3.92. The molecule has 1 amide bonds. The molecule has 6 nitrogen and oxygen atoms in total. The van der Waals surface area contributed by atoms with Crippen molar-refractivity contribution >= 4 is 33.2 Å². The smallest absolute Gasteiger partial charge is 0.270 e. The minimum atomic E-state index is -0.379. The van der Waals surface area contributed by atoms with Crippen LogP contribution in [0.4, 0.5) is 0 Å². The molecule has 1 fully saturated rings. The summed E-state index contributed by atoms with van der Waals surface area (Å²) in [4.78, 5) is 29.2. The lowest BCUT2D eigenvalue weighted by Gasteiger charge is -2.12. The van der Waals surface area contributed by atoms with E-state index in [4.69, 9.17) is 0 Å². The zero-order valence-electron chi connectivity index (χ0n) is 16.2. The van der Waals surface area contributed by atoms with Gasteiger partial charge in [0, 0.05) is 18.8 Å². The number of hydrogen-bond donors (Lipinski definition) is 1. The standard InChI is InChI=1S/C23H20N4O2S/c28-21-4-1-3-18(21)26-23(29)20-14-16(22-19(25-20)9-12-30-22)13-15-5-7-17(8-6-15)27-11-2-10-24-27/h2,5-12,14,18H,1,3-4,13H2,(H,26,29). The van der Waals surface area contributed by atoms with Crippen LogP contribution in [0.1, 0.15) is 40.9 Å². The van der Waals surface area contributed by atoms with E-state index in [0.717, 1.165) is 33.5 Å². The normalized spacial score (nSPS) is 16.3. The average molecular weight is 417 g/mol. The molecule has 3 aromatic heterocycles. The molecule has 30 heavy (non-hydrogen) atoms. The molecule has 150 valence electrons. The van der Waals surface area contributed by atoms with E-state index in [1.54, 1.807) is 17.5 Å². The maximum atomic E-state index is 12.8. The van der Waals surface area contributed by atoms with Gasteiger partial charge in [0.25, 0.3) is 5.91 Å². The lowest BCUT2D eigenvalue weighted by molar-refractivity contribution is -0.118. The van der Waals surface area contributed by atoms with Crippen molar-refractivity contribution in [2.45, 2.75) is 31.7 Å². The van der Waals surface area contributed by atoms with Crippen LogP contribution in [0.15, 0.2) is 60.2 Å². The maximum Gasteiger partial charge on any atom is 0.270 e. The number of nitrogens with one attached hydrogen (secondary N) is 1. The van der Waals surface area contributed by atoms with Crippen LogP contribution in [0.3, 0.4) is 0 Å². The van der Waals surface area contributed by atoms with Crippen LogP contribution in [-0.2, 0) is 11.2 Å². The van der Waals surface area contributed by atoms with Crippen LogP contribution in [0.25, 0.3) is 15.9 Å². The van der Waals surface area contributed by atoms with Crippen molar-refractivity contribution in [3.8, 4) is 5.69 Å². The Morgan fingerprint density at radius 3 is 2.83 bits per heavy atom. The highest BCUT2D eigenvalue weighted by molar-refractivity contribution is 7.17. The second-order valence-corrected chi connectivity index (χ2v) is 8.40. The number of carbonyl (C=O) groups is 2. The lowest BCUT2D eigenvalue weighted by Crippen LogP contribution is -2.38. The van der Waals surface area contributed by atoms with Gasteiger partial charge in [0.2, 0.25) is 0 Å². The van der Waals surface area contributed by atoms with Gasteiger partial charge in [-0.25, -0.2) is 9.67 Å². The number of ketones is 1. The number of rotatable bonds is 5. The van der Waals surface area contributed by atoms with Gasteiger partial charge in [0.15, 0.2) is 5.78 Å². The Morgan fingerprint density at radius 2 is 2.10 bits per heavy atom. The molecule has 1 aliphatic rings. The van der Waals surface area contributed by atoms with Gasteiger partial charge in [0.1, 0.15) is 5.69 Å². The zero-order valence-corrected chi connectivity index (χ0v) is 17.1. The number of hydrogen-bond acceptors (Lipinski definition) is 5. The van der Waals surface area contributed by atoms with Gasteiger partial charge in [-0.1, -0.05) is 12.1 Å². The molecule has 0 spiro atoms. The van der Waals surface area contributed by atoms with Crippen LogP contribution < -0.4 is 5.32 Å². The van der Waals surface area contributed by atoms with Crippen molar-refractivity contribution in [2.75, 3.05) is 0 Å². The van der Waals surface area contributed by atoms with Gasteiger partial charge < -0.3 is 5.32 Å². The molecule has 1 saturated carbocycles. The first kappa shape index (κ1) is 18.7. The van der Waals surface area contributed by atoms with Crippen LogP contribution in [-0.4, -0.2) is 32.5 Å². The van der Waals surface area contributed by atoms with Gasteiger partial charge in [-0.15, -0.1) is 11.3 Å². The molecule has 4 aromatic rings. The zero-order chi connectivity index (χ0) is 20.5. The summed E-state index contributed by atoms with van der Waals surface area (Å²) in [5.41, 5.74) is 4.38. The van der Waals surface area contributed by atoms with E-state index >= 15 is 0 Å². The topological polar surface area (TPSA) is 76.9 Å². The van der Waals surface area contributed by atoms with Crippen molar-refractivity contribution in [1.82, 2.24) is 20.1 Å². The van der Waals surface area contributed by atoms with Crippen molar-refractivity contribution in [2.24, 2.45) is 0 Å². The Hall–Kier alpha value is -3.32. The number of benzene rings is 1. The summed E-state index contributed by atoms with van der Waals surface area (Å²) < 4.78 is 2.90. The van der Waals surface area contributed by atoms with E-state index < -0.39 is 0 Å². The van der Waals surface area contributed by atoms with E-state index in [-0.39, 0.29) is 17.7 Å². The van der Waals surface area contributed by atoms with Crippen LogP contribution in [0.2, 0.25) is 0 Å². The van der Waals surface area contributed by atoms with Crippen molar-refractivity contribution < 1.29 is 9.59 Å². The van der Waals surface area contributed by atoms with Gasteiger partial charge in [-0.2, -0.15) is 5.10 Å². The van der Waals surface area contributed by atoms with Crippen LogP contribution in [0, 0.1) is 0 Å². The Morgan fingerprint density at radius 1 is 1.23 bits per heavy atom. The molecule has 1 atom stereocenters. The average Bonchev–Trinajstić information content (AvgIpc) is 3.51. The molecule has 0 aliphatic heterocycles. The third-order valence-corrected chi connectivity index (χ3v) is 6.41. The number of carbonyl (C=O) groups excluding carboxylic acids is 2. The Labute approximate surface area is 177 Å². The van der Waals surface area contributed by atoms with E-state index in [0.29, 0.717) is 25.0 Å². The van der Waals surface area contributed by atoms with Crippen LogP contribution in [0.5, 0.6) is 0 Å². The first-order valence-electron chi connectivity index (χ1n) is 9.97. The summed E-state index contributed by atoms with van der Waals surface area (Å²) in [6, 6.07) is 13.5. The molecular weight excluding hydrogens is 396 g/mol. The number of amides is 1.